The Kier molecular flexibility index (Phi) is 8.48. The number of nitrogens with zero attached hydrogens (tertiary/aromatic N) is 1. The summed E-state index contributed by atoms with van der Waals surface area (Å²) in [7, 11) is 0. The molecule has 4 aromatic rings. The molecule has 0 radical (unpaired) electrons. The Morgan fingerprint density at radius 2 is 1.76 bits per heavy atom. The van der Waals surface area contributed by atoms with Crippen LogP contribution >= 0.6 is 0 Å². The average molecular weight is 503 g/mol. The number of rotatable bonds is 11. The molecule has 5 N–H and O–H groups in total. The van der Waals surface area contributed by atoms with Crippen LogP contribution in [0.15, 0.2) is 66.9 Å². The first kappa shape index (κ1) is 26.3. The number of aromatic nitrogens is 1. The van der Waals surface area contributed by atoms with Gasteiger partial charge in [0.15, 0.2) is 0 Å². The molecule has 1 unspecified atom stereocenters. The summed E-state index contributed by atoms with van der Waals surface area (Å²) in [6.45, 7) is 2.59. The highest BCUT2D eigenvalue weighted by Crippen LogP contribution is 2.33. The fourth-order valence-corrected chi connectivity index (χ4v) is 4.54. The summed E-state index contributed by atoms with van der Waals surface area (Å²) in [6, 6.07) is 18.0. The van der Waals surface area contributed by atoms with Crippen molar-refractivity contribution in [2.24, 2.45) is 5.73 Å². The summed E-state index contributed by atoms with van der Waals surface area (Å²) in [5.41, 5.74) is 10.3. The molecule has 7 nitrogen and oxygen atoms in total. The Hall–Kier alpha value is -3.81. The molecule has 0 saturated heterocycles. The van der Waals surface area contributed by atoms with Crippen LogP contribution in [0.4, 0.5) is 0 Å². The quantitative estimate of drug-likeness (QED) is 0.222. The predicted octanol–water partition coefficient (Wildman–Crippen LogP) is 4.66. The third-order valence-corrected chi connectivity index (χ3v) is 6.55. The molecule has 4 rings (SSSR count). The van der Waals surface area contributed by atoms with E-state index in [0.717, 1.165) is 46.9 Å². The van der Waals surface area contributed by atoms with E-state index >= 15 is 0 Å². The number of hydrogen-bond donors (Lipinski definition) is 4. The van der Waals surface area contributed by atoms with Gasteiger partial charge in [-0.15, -0.1) is 0 Å². The number of phenolic OH excluding ortho intramolecular Hbond substituents is 2. The van der Waals surface area contributed by atoms with E-state index < -0.39 is 12.1 Å². The molecule has 1 atom stereocenters. The second-order valence-electron chi connectivity index (χ2n) is 9.38. The number of fused-ring (bicyclic) bond motifs is 1. The van der Waals surface area contributed by atoms with Crippen molar-refractivity contribution < 1.29 is 24.9 Å². The third-order valence-electron chi connectivity index (χ3n) is 6.55. The molecule has 0 spiro atoms. The van der Waals surface area contributed by atoms with Crippen LogP contribution in [0.25, 0.3) is 10.9 Å². The summed E-state index contributed by atoms with van der Waals surface area (Å²) in [4.78, 5) is 12.3. The van der Waals surface area contributed by atoms with Crippen molar-refractivity contribution in [2.45, 2.75) is 51.8 Å². The Balaban J connectivity index is 1.56. The first-order valence-corrected chi connectivity index (χ1v) is 12.6. The van der Waals surface area contributed by atoms with Gasteiger partial charge in [-0.2, -0.15) is 0 Å². The molecule has 0 amide bonds. The van der Waals surface area contributed by atoms with Gasteiger partial charge in [-0.05, 0) is 65.9 Å². The number of phenols is 2. The number of ether oxygens (including phenoxy) is 1. The Morgan fingerprint density at radius 1 is 1.03 bits per heavy atom. The molecule has 0 bridgehead atoms. The fraction of sp³-hybridized carbons (Fsp3) is 0.300. The van der Waals surface area contributed by atoms with Crippen LogP contribution in [0.2, 0.25) is 0 Å². The number of carbonyl (C=O) groups excluding carboxylic acids is 1. The Morgan fingerprint density at radius 3 is 2.43 bits per heavy atom. The molecular weight excluding hydrogens is 468 g/mol. The van der Waals surface area contributed by atoms with E-state index in [2.05, 4.69) is 6.92 Å². The van der Waals surface area contributed by atoms with Gasteiger partial charge in [0.1, 0.15) is 18.1 Å². The molecule has 0 fully saturated rings. The topological polar surface area (TPSA) is 118 Å². The zero-order valence-electron chi connectivity index (χ0n) is 21.1. The molecule has 0 aliphatic carbocycles. The van der Waals surface area contributed by atoms with Gasteiger partial charge in [0, 0.05) is 30.1 Å². The Labute approximate surface area is 216 Å². The molecule has 7 heteroatoms. The van der Waals surface area contributed by atoms with Crippen LogP contribution in [0, 0.1) is 0 Å². The number of nitrogens with two attached hydrogens (primary N) is 1. The van der Waals surface area contributed by atoms with E-state index in [1.165, 1.54) is 0 Å². The van der Waals surface area contributed by atoms with Gasteiger partial charge in [0.25, 0.3) is 0 Å². The van der Waals surface area contributed by atoms with E-state index in [1.807, 2.05) is 35.0 Å². The maximum Gasteiger partial charge on any atom is 0.338 e. The molecule has 1 heterocycles. The first-order chi connectivity index (χ1) is 17.9. The largest absolute Gasteiger partial charge is 0.507 e. The smallest absolute Gasteiger partial charge is 0.338 e. The second kappa shape index (κ2) is 12.0. The lowest BCUT2D eigenvalue weighted by Gasteiger charge is -2.12. The van der Waals surface area contributed by atoms with Crippen LogP contribution in [0.5, 0.6) is 11.5 Å². The van der Waals surface area contributed by atoms with Crippen molar-refractivity contribution in [2.75, 3.05) is 6.61 Å². The number of esters is 1. The number of aliphatic hydroxyl groups excluding tert-OH is 1. The summed E-state index contributed by atoms with van der Waals surface area (Å²) < 4.78 is 7.25. The van der Waals surface area contributed by atoms with Crippen LogP contribution in [-0.2, 0) is 30.7 Å². The van der Waals surface area contributed by atoms with Crippen molar-refractivity contribution in [3.63, 3.8) is 0 Å². The standard InChI is InChI=1S/C30H34N2O5/c1-2-3-7-20-13-28(34)26(29(35)14-20)18-32-17-23(25-12-21(16-31)10-11-27(25)32)15-24(33)19-37-30(36)22-8-5-4-6-9-22/h4-6,8-14,17,24,33-35H,2-3,7,15-16,18-19,31H2,1H3. The predicted molar refractivity (Wildman–Crippen MR) is 144 cm³/mol. The lowest BCUT2D eigenvalue weighted by molar-refractivity contribution is 0.0259. The van der Waals surface area contributed by atoms with Crippen LogP contribution in [0.1, 0.15) is 52.4 Å². The van der Waals surface area contributed by atoms with E-state index in [-0.39, 0.29) is 31.1 Å². The number of hydrogen-bond acceptors (Lipinski definition) is 6. The fourth-order valence-electron chi connectivity index (χ4n) is 4.54. The highest BCUT2D eigenvalue weighted by molar-refractivity contribution is 5.89. The number of aromatic hydroxyl groups is 2. The monoisotopic (exact) mass is 502 g/mol. The van der Waals surface area contributed by atoms with Gasteiger partial charge in [-0.25, -0.2) is 4.79 Å². The lowest BCUT2D eigenvalue weighted by Crippen LogP contribution is -2.21. The van der Waals surface area contributed by atoms with Gasteiger partial charge in [-0.3, -0.25) is 0 Å². The van der Waals surface area contributed by atoms with Gasteiger partial charge in [0.2, 0.25) is 0 Å². The second-order valence-corrected chi connectivity index (χ2v) is 9.38. The minimum Gasteiger partial charge on any atom is -0.507 e. The summed E-state index contributed by atoms with van der Waals surface area (Å²) >= 11 is 0. The minimum absolute atomic E-state index is 0.0564. The maximum absolute atomic E-state index is 12.3. The van der Waals surface area contributed by atoms with E-state index in [4.69, 9.17) is 10.5 Å². The van der Waals surface area contributed by atoms with E-state index in [9.17, 15) is 20.1 Å². The highest BCUT2D eigenvalue weighted by Gasteiger charge is 2.18. The van der Waals surface area contributed by atoms with Gasteiger partial charge in [0.05, 0.1) is 23.8 Å². The average Bonchev–Trinajstić information content (AvgIpc) is 3.24. The molecular formula is C30H34N2O5. The number of aliphatic hydroxyl groups is 1. The molecule has 1 aromatic heterocycles. The zero-order chi connectivity index (χ0) is 26.4. The number of unbranched alkanes of at least 4 members (excludes halogenated alkanes) is 1. The molecule has 0 saturated carbocycles. The molecule has 3 aromatic carbocycles. The molecule has 37 heavy (non-hydrogen) atoms. The number of carbonyl (C=O) groups is 1. The van der Waals surface area contributed by atoms with Crippen molar-refractivity contribution in [1.82, 2.24) is 4.57 Å². The number of aryl methyl sites for hydroxylation is 1. The maximum atomic E-state index is 12.3. The minimum atomic E-state index is -0.909. The van der Waals surface area contributed by atoms with Gasteiger partial charge >= 0.3 is 5.97 Å². The SMILES string of the molecule is CCCCc1cc(O)c(Cn2cc(CC(O)COC(=O)c3ccccc3)c3cc(CN)ccc32)c(O)c1. The van der Waals surface area contributed by atoms with Crippen LogP contribution in [0.3, 0.4) is 0 Å². The summed E-state index contributed by atoms with van der Waals surface area (Å²) in [5, 5.41) is 32.9. The Bertz CT molecular complexity index is 1340. The first-order valence-electron chi connectivity index (χ1n) is 12.6. The zero-order valence-corrected chi connectivity index (χ0v) is 21.1. The van der Waals surface area contributed by atoms with E-state index in [1.54, 1.807) is 36.4 Å². The van der Waals surface area contributed by atoms with Crippen LogP contribution in [-0.4, -0.2) is 38.6 Å². The van der Waals surface area contributed by atoms with Gasteiger partial charge in [-0.1, -0.05) is 37.6 Å². The van der Waals surface area contributed by atoms with Crippen molar-refractivity contribution >= 4 is 16.9 Å². The normalized spacial score (nSPS) is 12.1. The van der Waals surface area contributed by atoms with Gasteiger partial charge < -0.3 is 30.4 Å². The molecule has 0 aliphatic heterocycles. The lowest BCUT2D eigenvalue weighted by atomic mass is 10.0. The van der Waals surface area contributed by atoms with Crippen LogP contribution < -0.4 is 5.73 Å². The molecule has 0 aliphatic rings. The highest BCUT2D eigenvalue weighted by atomic mass is 16.5. The molecule has 194 valence electrons. The van der Waals surface area contributed by atoms with Crippen molar-refractivity contribution in [3.8, 4) is 11.5 Å². The third kappa shape index (κ3) is 6.31. The number of benzene rings is 3. The van der Waals surface area contributed by atoms with Crippen molar-refractivity contribution in [1.29, 1.82) is 0 Å². The summed E-state index contributed by atoms with van der Waals surface area (Å²) in [6.07, 6.45) is 4.06. The summed E-state index contributed by atoms with van der Waals surface area (Å²) in [5.74, 6) is -0.372. The van der Waals surface area contributed by atoms with E-state index in [0.29, 0.717) is 17.7 Å². The van der Waals surface area contributed by atoms with Crippen molar-refractivity contribution in [3.05, 3.63) is 94.7 Å².